The van der Waals surface area contributed by atoms with E-state index in [1.54, 1.807) is 32.0 Å². The van der Waals surface area contributed by atoms with E-state index in [4.69, 9.17) is 22.5 Å². The SMILES string of the molecule is Cc1ccc(Cl)cc1C(=O)NC(C)/C(N)=N/O. The predicted octanol–water partition coefficient (Wildman–Crippen LogP) is 1.51. The van der Waals surface area contributed by atoms with Gasteiger partial charge in [-0.15, -0.1) is 0 Å². The smallest absolute Gasteiger partial charge is 0.252 e. The topological polar surface area (TPSA) is 87.7 Å². The fourth-order valence-corrected chi connectivity index (χ4v) is 1.45. The molecule has 92 valence electrons. The molecule has 0 saturated carbocycles. The van der Waals surface area contributed by atoms with Gasteiger partial charge in [0.1, 0.15) is 0 Å². The van der Waals surface area contributed by atoms with Crippen LogP contribution in [-0.2, 0) is 0 Å². The van der Waals surface area contributed by atoms with Crippen LogP contribution >= 0.6 is 11.6 Å². The van der Waals surface area contributed by atoms with Crippen molar-refractivity contribution in [2.45, 2.75) is 19.9 Å². The van der Waals surface area contributed by atoms with Crippen LogP contribution in [0.1, 0.15) is 22.8 Å². The van der Waals surface area contributed by atoms with Crippen LogP contribution in [0.5, 0.6) is 0 Å². The monoisotopic (exact) mass is 255 g/mol. The Hall–Kier alpha value is -1.75. The molecule has 0 fully saturated rings. The Morgan fingerprint density at radius 2 is 2.24 bits per heavy atom. The molecule has 0 spiro atoms. The highest BCUT2D eigenvalue weighted by atomic mass is 35.5. The van der Waals surface area contributed by atoms with Crippen LogP contribution in [0.3, 0.4) is 0 Å². The number of hydrogen-bond donors (Lipinski definition) is 3. The van der Waals surface area contributed by atoms with Crippen LogP contribution in [-0.4, -0.2) is 23.0 Å². The molecule has 1 unspecified atom stereocenters. The minimum atomic E-state index is -0.550. The highest BCUT2D eigenvalue weighted by Crippen LogP contribution is 2.15. The average molecular weight is 256 g/mol. The molecule has 0 saturated heterocycles. The minimum Gasteiger partial charge on any atom is -0.409 e. The van der Waals surface area contributed by atoms with Gasteiger partial charge in [-0.2, -0.15) is 0 Å². The van der Waals surface area contributed by atoms with Gasteiger partial charge < -0.3 is 16.3 Å². The fraction of sp³-hybridized carbons (Fsp3) is 0.273. The Kier molecular flexibility index (Phi) is 4.34. The third kappa shape index (κ3) is 3.35. The van der Waals surface area contributed by atoms with Crippen molar-refractivity contribution < 1.29 is 10.0 Å². The van der Waals surface area contributed by atoms with Crippen molar-refractivity contribution in [3.05, 3.63) is 34.3 Å². The van der Waals surface area contributed by atoms with E-state index in [0.29, 0.717) is 10.6 Å². The Bertz CT molecular complexity index is 460. The number of nitrogens with zero attached hydrogens (tertiary/aromatic N) is 1. The first-order valence-electron chi connectivity index (χ1n) is 5.00. The zero-order valence-corrected chi connectivity index (χ0v) is 10.3. The molecule has 0 heterocycles. The summed E-state index contributed by atoms with van der Waals surface area (Å²) in [7, 11) is 0. The molecule has 4 N–H and O–H groups in total. The number of aryl methyl sites for hydroxylation is 1. The van der Waals surface area contributed by atoms with Gasteiger partial charge in [0.25, 0.3) is 5.91 Å². The number of nitrogens with two attached hydrogens (primary N) is 1. The second-order valence-corrected chi connectivity index (χ2v) is 4.12. The molecule has 1 amide bonds. The highest BCUT2D eigenvalue weighted by molar-refractivity contribution is 6.31. The van der Waals surface area contributed by atoms with Crippen molar-refractivity contribution in [2.75, 3.05) is 0 Å². The maximum absolute atomic E-state index is 11.9. The Morgan fingerprint density at radius 1 is 1.59 bits per heavy atom. The number of nitrogens with one attached hydrogen (secondary N) is 1. The summed E-state index contributed by atoms with van der Waals surface area (Å²) in [4.78, 5) is 11.9. The summed E-state index contributed by atoms with van der Waals surface area (Å²) < 4.78 is 0. The van der Waals surface area contributed by atoms with Gasteiger partial charge in [0.05, 0.1) is 6.04 Å². The van der Waals surface area contributed by atoms with Crippen molar-refractivity contribution in [3.8, 4) is 0 Å². The van der Waals surface area contributed by atoms with Gasteiger partial charge in [0.2, 0.25) is 0 Å². The molecule has 0 aliphatic rings. The lowest BCUT2D eigenvalue weighted by molar-refractivity contribution is 0.0948. The second-order valence-electron chi connectivity index (χ2n) is 3.68. The van der Waals surface area contributed by atoms with Crippen LogP contribution in [0.25, 0.3) is 0 Å². The van der Waals surface area contributed by atoms with Gasteiger partial charge in [0.15, 0.2) is 5.84 Å². The molecule has 0 bridgehead atoms. The molecule has 6 heteroatoms. The molecule has 0 aromatic heterocycles. The van der Waals surface area contributed by atoms with Gasteiger partial charge in [-0.3, -0.25) is 4.79 Å². The summed E-state index contributed by atoms with van der Waals surface area (Å²) in [5.74, 6) is -0.373. The molecule has 1 aromatic rings. The van der Waals surface area contributed by atoms with Crippen LogP contribution in [0.2, 0.25) is 5.02 Å². The third-order valence-corrected chi connectivity index (χ3v) is 2.59. The van der Waals surface area contributed by atoms with Crippen molar-refractivity contribution in [1.82, 2.24) is 5.32 Å². The fourth-order valence-electron chi connectivity index (χ4n) is 1.27. The average Bonchev–Trinajstić information content (AvgIpc) is 2.30. The third-order valence-electron chi connectivity index (χ3n) is 2.35. The normalized spacial score (nSPS) is 13.2. The first kappa shape index (κ1) is 13.3. The molecule has 0 radical (unpaired) electrons. The number of amides is 1. The summed E-state index contributed by atoms with van der Waals surface area (Å²) in [5.41, 5.74) is 6.64. The first-order chi connectivity index (χ1) is 7.95. The number of hydrogen-bond acceptors (Lipinski definition) is 3. The van der Waals surface area contributed by atoms with Gasteiger partial charge in [-0.25, -0.2) is 0 Å². The Morgan fingerprint density at radius 3 is 2.82 bits per heavy atom. The van der Waals surface area contributed by atoms with Gasteiger partial charge >= 0.3 is 0 Å². The number of halogens is 1. The second kappa shape index (κ2) is 5.54. The summed E-state index contributed by atoms with van der Waals surface area (Å²) in [6, 6.07) is 4.49. The van der Waals surface area contributed by atoms with Crippen LogP contribution in [0.4, 0.5) is 0 Å². The number of carbonyl (C=O) groups excluding carboxylic acids is 1. The number of carbonyl (C=O) groups is 1. The maximum Gasteiger partial charge on any atom is 0.252 e. The molecule has 5 nitrogen and oxygen atoms in total. The predicted molar refractivity (Wildman–Crippen MR) is 66.5 cm³/mol. The standard InChI is InChI=1S/C11H14ClN3O2/c1-6-3-4-8(12)5-9(6)11(16)14-7(2)10(13)15-17/h3-5,7,17H,1-2H3,(H2,13,15)(H,14,16). The van der Waals surface area contributed by atoms with E-state index in [1.807, 2.05) is 0 Å². The lowest BCUT2D eigenvalue weighted by Crippen LogP contribution is -2.42. The summed E-state index contributed by atoms with van der Waals surface area (Å²) in [6.07, 6.45) is 0. The summed E-state index contributed by atoms with van der Waals surface area (Å²) in [6.45, 7) is 3.42. The van der Waals surface area contributed by atoms with Gasteiger partial charge in [0, 0.05) is 10.6 Å². The van der Waals surface area contributed by atoms with Crippen LogP contribution in [0.15, 0.2) is 23.4 Å². The molecule has 0 aliphatic heterocycles. The largest absolute Gasteiger partial charge is 0.409 e. The van der Waals surface area contributed by atoms with E-state index in [0.717, 1.165) is 5.56 Å². The zero-order chi connectivity index (χ0) is 13.0. The van der Waals surface area contributed by atoms with E-state index in [2.05, 4.69) is 10.5 Å². The van der Waals surface area contributed by atoms with E-state index < -0.39 is 6.04 Å². The van der Waals surface area contributed by atoms with Crippen LogP contribution < -0.4 is 11.1 Å². The summed E-state index contributed by atoms with van der Waals surface area (Å²) in [5, 5.41) is 14.4. The van der Waals surface area contributed by atoms with Crippen molar-refractivity contribution in [3.63, 3.8) is 0 Å². The van der Waals surface area contributed by atoms with Crippen LogP contribution in [0, 0.1) is 6.92 Å². The molecular weight excluding hydrogens is 242 g/mol. The molecule has 0 aliphatic carbocycles. The quantitative estimate of drug-likeness (QED) is 0.331. The van der Waals surface area contributed by atoms with Gasteiger partial charge in [-0.05, 0) is 31.5 Å². The molecule has 1 aromatic carbocycles. The molecule has 1 atom stereocenters. The van der Waals surface area contributed by atoms with Crippen molar-refractivity contribution >= 4 is 23.3 Å². The number of amidine groups is 1. The van der Waals surface area contributed by atoms with E-state index in [1.165, 1.54) is 0 Å². The molecule has 17 heavy (non-hydrogen) atoms. The van der Waals surface area contributed by atoms with E-state index in [9.17, 15) is 4.79 Å². The van der Waals surface area contributed by atoms with Gasteiger partial charge in [-0.1, -0.05) is 22.8 Å². The molecular formula is C11H14ClN3O2. The minimum absolute atomic E-state index is 0.0574. The lowest BCUT2D eigenvalue weighted by atomic mass is 10.1. The van der Waals surface area contributed by atoms with E-state index >= 15 is 0 Å². The Balaban J connectivity index is 2.87. The van der Waals surface area contributed by atoms with Crippen molar-refractivity contribution in [2.24, 2.45) is 10.9 Å². The number of oxime groups is 1. The lowest BCUT2D eigenvalue weighted by Gasteiger charge is -2.13. The molecule has 1 rings (SSSR count). The number of benzene rings is 1. The maximum atomic E-state index is 11.9. The zero-order valence-electron chi connectivity index (χ0n) is 9.57. The van der Waals surface area contributed by atoms with Crippen molar-refractivity contribution in [1.29, 1.82) is 0 Å². The van der Waals surface area contributed by atoms with E-state index in [-0.39, 0.29) is 11.7 Å². The highest BCUT2D eigenvalue weighted by Gasteiger charge is 2.14. The Labute approximate surface area is 104 Å². The summed E-state index contributed by atoms with van der Waals surface area (Å²) >= 11 is 5.82. The number of rotatable bonds is 3. The first-order valence-corrected chi connectivity index (χ1v) is 5.38.